The Labute approximate surface area is 76.5 Å². The van der Waals surface area contributed by atoms with Gasteiger partial charge in [-0.15, -0.1) is 0 Å². The van der Waals surface area contributed by atoms with Crippen LogP contribution < -0.4 is 4.72 Å². The number of rotatable bonds is 1. The van der Waals surface area contributed by atoms with E-state index in [9.17, 15) is 8.78 Å². The number of hydrogen-bond acceptors (Lipinski definition) is 2. The van der Waals surface area contributed by atoms with Crippen LogP contribution in [0.1, 0.15) is 0 Å². The van der Waals surface area contributed by atoms with E-state index in [1.165, 1.54) is 0 Å². The summed E-state index contributed by atoms with van der Waals surface area (Å²) in [6.45, 7) is 0. The van der Waals surface area contributed by atoms with E-state index in [1.807, 2.05) is 0 Å². The Bertz CT molecular complexity index is 256. The summed E-state index contributed by atoms with van der Waals surface area (Å²) in [6, 6.07) is 2.28. The monoisotopic (exact) mass is 239 g/mol. The second-order valence-corrected chi connectivity index (χ2v) is 2.88. The Morgan fingerprint density at radius 1 is 1.27 bits per heavy atom. The van der Waals surface area contributed by atoms with Crippen molar-refractivity contribution in [1.29, 1.82) is 0 Å². The van der Waals surface area contributed by atoms with E-state index in [0.29, 0.717) is 0 Å². The standard InChI is InChI=1S/C6H4BrF2NS/c7-6-4(8)1-3(10-11)2-5(6)9/h1-2,10-11H. The van der Waals surface area contributed by atoms with Crippen LogP contribution in [0.4, 0.5) is 14.5 Å². The van der Waals surface area contributed by atoms with E-state index < -0.39 is 11.6 Å². The highest BCUT2D eigenvalue weighted by Gasteiger charge is 2.06. The van der Waals surface area contributed by atoms with E-state index in [-0.39, 0.29) is 10.2 Å². The van der Waals surface area contributed by atoms with Crippen molar-refractivity contribution in [3.63, 3.8) is 0 Å². The zero-order valence-corrected chi connectivity index (χ0v) is 7.72. The van der Waals surface area contributed by atoms with Crippen LogP contribution in [0, 0.1) is 11.6 Å². The van der Waals surface area contributed by atoms with Gasteiger partial charge < -0.3 is 4.72 Å². The first-order chi connectivity index (χ1) is 5.15. The zero-order chi connectivity index (χ0) is 8.43. The van der Waals surface area contributed by atoms with Crippen LogP contribution in [-0.4, -0.2) is 0 Å². The van der Waals surface area contributed by atoms with Crippen molar-refractivity contribution in [3.05, 3.63) is 28.2 Å². The lowest BCUT2D eigenvalue weighted by Crippen LogP contribution is -1.88. The molecule has 11 heavy (non-hydrogen) atoms. The van der Waals surface area contributed by atoms with Gasteiger partial charge in [-0.3, -0.25) is 0 Å². The molecule has 5 heteroatoms. The largest absolute Gasteiger partial charge is 0.332 e. The molecule has 1 rings (SSSR count). The van der Waals surface area contributed by atoms with Crippen molar-refractivity contribution < 1.29 is 8.78 Å². The van der Waals surface area contributed by atoms with Gasteiger partial charge in [0.25, 0.3) is 0 Å². The second-order valence-electron chi connectivity index (χ2n) is 1.87. The fourth-order valence-corrected chi connectivity index (χ4v) is 0.978. The lowest BCUT2D eigenvalue weighted by molar-refractivity contribution is 0.573. The Hall–Kier alpha value is -0.290. The molecule has 0 radical (unpaired) electrons. The van der Waals surface area contributed by atoms with Gasteiger partial charge in [0.1, 0.15) is 11.6 Å². The van der Waals surface area contributed by atoms with Crippen molar-refractivity contribution in [2.75, 3.05) is 4.72 Å². The molecule has 0 saturated heterocycles. The van der Waals surface area contributed by atoms with Crippen molar-refractivity contribution in [2.24, 2.45) is 0 Å². The highest BCUT2D eigenvalue weighted by Crippen LogP contribution is 2.23. The number of halogens is 3. The molecule has 0 heterocycles. The molecule has 0 spiro atoms. The summed E-state index contributed by atoms with van der Waals surface area (Å²) >= 11 is 6.38. The number of anilines is 1. The van der Waals surface area contributed by atoms with E-state index in [4.69, 9.17) is 0 Å². The van der Waals surface area contributed by atoms with Gasteiger partial charge >= 0.3 is 0 Å². The van der Waals surface area contributed by atoms with Gasteiger partial charge in [0.15, 0.2) is 0 Å². The second kappa shape index (κ2) is 3.40. The summed E-state index contributed by atoms with van der Waals surface area (Å²) in [7, 11) is 0. The number of thiol groups is 1. The maximum atomic E-state index is 12.7. The molecule has 1 nitrogen and oxygen atoms in total. The Morgan fingerprint density at radius 2 is 1.73 bits per heavy atom. The summed E-state index contributed by atoms with van der Waals surface area (Å²) < 4.78 is 27.5. The fraction of sp³-hybridized carbons (Fsp3) is 0. The van der Waals surface area contributed by atoms with Crippen molar-refractivity contribution in [2.45, 2.75) is 0 Å². The SMILES string of the molecule is Fc1cc(NS)cc(F)c1Br. The fourth-order valence-electron chi connectivity index (χ4n) is 0.620. The topological polar surface area (TPSA) is 12.0 Å². The molecule has 0 amide bonds. The highest BCUT2D eigenvalue weighted by molar-refractivity contribution is 9.10. The van der Waals surface area contributed by atoms with E-state index in [1.54, 1.807) is 0 Å². The Balaban J connectivity index is 3.21. The van der Waals surface area contributed by atoms with Crippen LogP contribution in [-0.2, 0) is 0 Å². The molecule has 1 aromatic rings. The minimum atomic E-state index is -0.651. The molecule has 0 aliphatic heterocycles. The Kier molecular flexibility index (Phi) is 2.72. The summed E-state index contributed by atoms with van der Waals surface area (Å²) in [4.78, 5) is 0. The third-order valence-electron chi connectivity index (χ3n) is 1.11. The van der Waals surface area contributed by atoms with E-state index in [2.05, 4.69) is 33.5 Å². The van der Waals surface area contributed by atoms with Crippen molar-refractivity contribution in [1.82, 2.24) is 0 Å². The van der Waals surface area contributed by atoms with E-state index >= 15 is 0 Å². The molecular formula is C6H4BrF2NS. The number of benzene rings is 1. The van der Waals surface area contributed by atoms with Crippen LogP contribution in [0.25, 0.3) is 0 Å². The van der Waals surface area contributed by atoms with Gasteiger partial charge in [-0.2, -0.15) is 0 Å². The lowest BCUT2D eigenvalue weighted by atomic mass is 10.3. The average molecular weight is 240 g/mol. The summed E-state index contributed by atoms with van der Waals surface area (Å²) in [5, 5.41) is 0. The highest BCUT2D eigenvalue weighted by atomic mass is 79.9. The molecule has 0 aliphatic carbocycles. The number of nitrogens with one attached hydrogen (secondary N) is 1. The van der Waals surface area contributed by atoms with Gasteiger partial charge in [0.05, 0.1) is 4.47 Å². The first-order valence-corrected chi connectivity index (χ1v) is 3.94. The van der Waals surface area contributed by atoms with Gasteiger partial charge in [0.2, 0.25) is 0 Å². The molecule has 0 fully saturated rings. The summed E-state index contributed by atoms with van der Waals surface area (Å²) in [6.07, 6.45) is 0. The molecule has 0 saturated carbocycles. The van der Waals surface area contributed by atoms with Gasteiger partial charge in [0, 0.05) is 5.69 Å². The quantitative estimate of drug-likeness (QED) is 0.568. The first kappa shape index (κ1) is 8.80. The molecule has 60 valence electrons. The normalized spacial score (nSPS) is 9.82. The minimum Gasteiger partial charge on any atom is -0.332 e. The van der Waals surface area contributed by atoms with Crippen molar-refractivity contribution >= 4 is 34.4 Å². The third kappa shape index (κ3) is 1.84. The van der Waals surface area contributed by atoms with Crippen molar-refractivity contribution in [3.8, 4) is 0 Å². The molecule has 0 aromatic heterocycles. The van der Waals surface area contributed by atoms with Gasteiger partial charge in [-0.25, -0.2) is 8.78 Å². The van der Waals surface area contributed by atoms with Crippen LogP contribution in [0.2, 0.25) is 0 Å². The average Bonchev–Trinajstić information content (AvgIpc) is 1.99. The van der Waals surface area contributed by atoms with Crippen LogP contribution in [0.15, 0.2) is 16.6 Å². The minimum absolute atomic E-state index is 0.162. The first-order valence-electron chi connectivity index (χ1n) is 2.70. The zero-order valence-electron chi connectivity index (χ0n) is 5.24. The molecule has 0 aliphatic rings. The van der Waals surface area contributed by atoms with Crippen LogP contribution in [0.3, 0.4) is 0 Å². The van der Waals surface area contributed by atoms with Crippen LogP contribution >= 0.6 is 28.7 Å². The maximum Gasteiger partial charge on any atom is 0.142 e. The molecule has 0 unspecified atom stereocenters. The smallest absolute Gasteiger partial charge is 0.142 e. The Morgan fingerprint density at radius 3 is 2.09 bits per heavy atom. The molecular weight excluding hydrogens is 236 g/mol. The molecule has 0 atom stereocenters. The van der Waals surface area contributed by atoms with Gasteiger partial charge in [-0.05, 0) is 28.1 Å². The summed E-state index contributed by atoms with van der Waals surface area (Å²) in [5.41, 5.74) is 0.284. The molecule has 1 N–H and O–H groups in total. The van der Waals surface area contributed by atoms with E-state index in [0.717, 1.165) is 12.1 Å². The number of hydrogen-bond donors (Lipinski definition) is 2. The van der Waals surface area contributed by atoms with Gasteiger partial charge in [-0.1, -0.05) is 12.8 Å². The summed E-state index contributed by atoms with van der Waals surface area (Å²) in [5.74, 6) is -1.30. The molecule has 1 aromatic carbocycles. The maximum absolute atomic E-state index is 12.7. The predicted molar refractivity (Wildman–Crippen MR) is 46.7 cm³/mol. The van der Waals surface area contributed by atoms with Crippen LogP contribution in [0.5, 0.6) is 0 Å². The predicted octanol–water partition coefficient (Wildman–Crippen LogP) is 2.98. The molecule has 0 bridgehead atoms. The third-order valence-corrected chi connectivity index (χ3v) is 2.13. The lowest BCUT2D eigenvalue weighted by Gasteiger charge is -2.00.